The number of ketones is 1. The minimum Gasteiger partial charge on any atom is -0.390 e. The van der Waals surface area contributed by atoms with Crippen LogP contribution in [0.3, 0.4) is 0 Å². The molecule has 0 spiro atoms. The SMILES string of the molecule is Cc1cccc(C)c1CC(=O)CC[C@H]1O[C@@H](n2ccc(=O)[nH]c2=O)C[C@@H]1O. The van der Waals surface area contributed by atoms with Gasteiger partial charge in [0.25, 0.3) is 5.56 Å². The number of benzene rings is 1. The maximum atomic E-state index is 12.4. The summed E-state index contributed by atoms with van der Waals surface area (Å²) in [5.41, 5.74) is 2.18. The van der Waals surface area contributed by atoms with Gasteiger partial charge in [-0.25, -0.2) is 4.79 Å². The average Bonchev–Trinajstić information content (AvgIpc) is 2.97. The standard InChI is InChI=1S/C20H24N2O5/c1-12-4-3-5-13(2)15(12)10-14(23)6-7-17-16(24)11-19(27-17)22-9-8-18(25)21-20(22)26/h3-5,8-9,16-17,19,24H,6-7,10-11H2,1-2H3,(H,21,25,26)/t16-,17+,19+/m0/s1. The summed E-state index contributed by atoms with van der Waals surface area (Å²) in [5.74, 6) is 0.0906. The largest absolute Gasteiger partial charge is 0.390 e. The number of nitrogens with one attached hydrogen (secondary N) is 1. The van der Waals surface area contributed by atoms with E-state index in [9.17, 15) is 19.5 Å². The van der Waals surface area contributed by atoms with E-state index in [4.69, 9.17) is 4.74 Å². The second-order valence-electron chi connectivity index (χ2n) is 7.07. The third-order valence-corrected chi connectivity index (χ3v) is 5.09. The fraction of sp³-hybridized carbons (Fsp3) is 0.450. The Morgan fingerprint density at radius 1 is 1.26 bits per heavy atom. The van der Waals surface area contributed by atoms with E-state index in [0.717, 1.165) is 16.7 Å². The van der Waals surface area contributed by atoms with E-state index in [1.54, 1.807) is 0 Å². The number of aromatic nitrogens is 2. The number of nitrogens with zero attached hydrogens (tertiary/aromatic N) is 1. The highest BCUT2D eigenvalue weighted by Gasteiger charge is 2.35. The fourth-order valence-electron chi connectivity index (χ4n) is 3.52. The van der Waals surface area contributed by atoms with Crippen LogP contribution in [0.1, 0.15) is 42.2 Å². The van der Waals surface area contributed by atoms with Gasteiger partial charge in [0.2, 0.25) is 0 Å². The predicted molar refractivity (Wildman–Crippen MR) is 99.7 cm³/mol. The van der Waals surface area contributed by atoms with Gasteiger partial charge >= 0.3 is 5.69 Å². The van der Waals surface area contributed by atoms with Crippen molar-refractivity contribution in [2.24, 2.45) is 0 Å². The van der Waals surface area contributed by atoms with E-state index in [2.05, 4.69) is 4.98 Å². The number of aryl methyl sites for hydroxylation is 2. The van der Waals surface area contributed by atoms with Gasteiger partial charge in [0.1, 0.15) is 12.0 Å². The van der Waals surface area contributed by atoms with Gasteiger partial charge in [0, 0.05) is 31.5 Å². The summed E-state index contributed by atoms with van der Waals surface area (Å²) in [4.78, 5) is 37.6. The average molecular weight is 372 g/mol. The Morgan fingerprint density at radius 3 is 2.63 bits per heavy atom. The van der Waals surface area contributed by atoms with Crippen LogP contribution in [0, 0.1) is 13.8 Å². The summed E-state index contributed by atoms with van der Waals surface area (Å²) in [5, 5.41) is 10.2. The van der Waals surface area contributed by atoms with Crippen LogP contribution in [0.5, 0.6) is 0 Å². The number of carbonyl (C=O) groups is 1. The van der Waals surface area contributed by atoms with Gasteiger partial charge in [-0.2, -0.15) is 0 Å². The lowest BCUT2D eigenvalue weighted by Gasteiger charge is -2.16. The van der Waals surface area contributed by atoms with Gasteiger partial charge in [0.05, 0.1) is 12.2 Å². The number of hydrogen-bond donors (Lipinski definition) is 2. The first-order chi connectivity index (χ1) is 12.8. The summed E-state index contributed by atoms with van der Waals surface area (Å²) in [6, 6.07) is 7.19. The van der Waals surface area contributed by atoms with Gasteiger partial charge in [-0.05, 0) is 37.0 Å². The normalized spacial score (nSPS) is 22.1. The third-order valence-electron chi connectivity index (χ3n) is 5.09. The summed E-state index contributed by atoms with van der Waals surface area (Å²) >= 11 is 0. The number of carbonyl (C=O) groups excluding carboxylic acids is 1. The molecule has 27 heavy (non-hydrogen) atoms. The Bertz CT molecular complexity index is 926. The van der Waals surface area contributed by atoms with E-state index in [-0.39, 0.29) is 12.2 Å². The lowest BCUT2D eigenvalue weighted by molar-refractivity contribution is -0.119. The molecule has 1 aromatic carbocycles. The van der Waals surface area contributed by atoms with Gasteiger partial charge in [-0.3, -0.25) is 19.1 Å². The van der Waals surface area contributed by atoms with Crippen molar-refractivity contribution in [2.75, 3.05) is 0 Å². The molecule has 144 valence electrons. The summed E-state index contributed by atoms with van der Waals surface area (Å²) in [7, 11) is 0. The smallest absolute Gasteiger partial charge is 0.330 e. The quantitative estimate of drug-likeness (QED) is 0.798. The van der Waals surface area contributed by atoms with Crippen molar-refractivity contribution in [1.82, 2.24) is 9.55 Å². The molecule has 7 nitrogen and oxygen atoms in total. The summed E-state index contributed by atoms with van der Waals surface area (Å²) < 4.78 is 7.02. The van der Waals surface area contributed by atoms with Crippen molar-refractivity contribution < 1.29 is 14.6 Å². The van der Waals surface area contributed by atoms with Crippen molar-refractivity contribution >= 4 is 5.78 Å². The molecule has 0 amide bonds. The molecule has 1 aromatic heterocycles. The van der Waals surface area contributed by atoms with Crippen LogP contribution < -0.4 is 11.2 Å². The highest BCUT2D eigenvalue weighted by atomic mass is 16.5. The number of rotatable bonds is 6. The van der Waals surface area contributed by atoms with Gasteiger partial charge in [-0.15, -0.1) is 0 Å². The zero-order valence-electron chi connectivity index (χ0n) is 15.5. The molecular weight excluding hydrogens is 348 g/mol. The van der Waals surface area contributed by atoms with Crippen LogP contribution in [0.15, 0.2) is 40.1 Å². The molecule has 0 aliphatic carbocycles. The molecule has 1 saturated heterocycles. The molecule has 2 aromatic rings. The van der Waals surface area contributed by atoms with E-state index in [0.29, 0.717) is 19.3 Å². The van der Waals surface area contributed by atoms with Crippen LogP contribution >= 0.6 is 0 Å². The van der Waals surface area contributed by atoms with Crippen LogP contribution in [-0.2, 0) is 16.0 Å². The lowest BCUT2D eigenvalue weighted by Crippen LogP contribution is -2.31. The monoisotopic (exact) mass is 372 g/mol. The molecule has 1 aliphatic rings. The van der Waals surface area contributed by atoms with Crippen molar-refractivity contribution in [3.63, 3.8) is 0 Å². The topological polar surface area (TPSA) is 101 Å². The molecule has 0 unspecified atom stereocenters. The molecule has 3 atom stereocenters. The van der Waals surface area contributed by atoms with Gasteiger partial charge in [-0.1, -0.05) is 18.2 Å². The van der Waals surface area contributed by atoms with E-state index in [1.165, 1.54) is 16.8 Å². The van der Waals surface area contributed by atoms with Crippen LogP contribution in [0.2, 0.25) is 0 Å². The number of H-pyrrole nitrogens is 1. The van der Waals surface area contributed by atoms with Crippen molar-refractivity contribution in [1.29, 1.82) is 0 Å². The molecule has 2 N–H and O–H groups in total. The number of ether oxygens (including phenoxy) is 1. The Labute approximate surface area is 156 Å². The molecule has 7 heteroatoms. The number of hydrogen-bond acceptors (Lipinski definition) is 5. The number of aliphatic hydroxyl groups excluding tert-OH is 1. The highest BCUT2D eigenvalue weighted by molar-refractivity contribution is 5.81. The Morgan fingerprint density at radius 2 is 1.96 bits per heavy atom. The molecule has 2 heterocycles. The van der Waals surface area contributed by atoms with Crippen molar-refractivity contribution in [2.45, 2.75) is 58.0 Å². The van der Waals surface area contributed by atoms with Crippen LogP contribution in [0.25, 0.3) is 0 Å². The maximum Gasteiger partial charge on any atom is 0.330 e. The summed E-state index contributed by atoms with van der Waals surface area (Å²) in [6.07, 6.45) is 0.710. The predicted octanol–water partition coefficient (Wildman–Crippen LogP) is 1.39. The summed E-state index contributed by atoms with van der Waals surface area (Å²) in [6.45, 7) is 3.98. The van der Waals surface area contributed by atoms with Crippen molar-refractivity contribution in [3.05, 3.63) is 68.0 Å². The molecule has 0 radical (unpaired) electrons. The van der Waals surface area contributed by atoms with E-state index in [1.807, 2.05) is 32.0 Å². The van der Waals surface area contributed by atoms with Gasteiger partial charge < -0.3 is 9.84 Å². The third kappa shape index (κ3) is 4.43. The minimum atomic E-state index is -0.762. The number of aliphatic hydroxyl groups is 1. The lowest BCUT2D eigenvalue weighted by atomic mass is 9.96. The second kappa shape index (κ2) is 8.02. The van der Waals surface area contributed by atoms with Crippen LogP contribution in [-0.4, -0.2) is 32.6 Å². The molecule has 0 bridgehead atoms. The minimum absolute atomic E-state index is 0.0906. The Kier molecular flexibility index (Phi) is 5.72. The van der Waals surface area contributed by atoms with E-state index < -0.39 is 29.7 Å². The molecule has 1 aliphatic heterocycles. The first-order valence-electron chi connectivity index (χ1n) is 9.07. The number of aromatic amines is 1. The van der Waals surface area contributed by atoms with Gasteiger partial charge in [0.15, 0.2) is 0 Å². The van der Waals surface area contributed by atoms with Crippen molar-refractivity contribution in [3.8, 4) is 0 Å². The van der Waals surface area contributed by atoms with Crippen LogP contribution in [0.4, 0.5) is 0 Å². The molecular formula is C20H24N2O5. The first-order valence-corrected chi connectivity index (χ1v) is 9.07. The zero-order chi connectivity index (χ0) is 19.6. The second-order valence-corrected chi connectivity index (χ2v) is 7.07. The molecule has 3 rings (SSSR count). The Balaban J connectivity index is 1.59. The maximum absolute atomic E-state index is 12.4. The molecule has 1 fully saturated rings. The highest BCUT2D eigenvalue weighted by Crippen LogP contribution is 2.30. The number of Topliss-reactive ketones (excluding diaryl/α,β-unsaturated/α-hetero) is 1. The van der Waals surface area contributed by atoms with E-state index >= 15 is 0 Å². The zero-order valence-corrected chi connectivity index (χ0v) is 15.5. The fourth-order valence-corrected chi connectivity index (χ4v) is 3.52. The first kappa shape index (κ1) is 19.3. The molecule has 0 saturated carbocycles. The Hall–Kier alpha value is -2.51.